The number of carbonyl (C=O) groups is 1. The lowest BCUT2D eigenvalue weighted by atomic mass is 10.3. The van der Waals surface area contributed by atoms with E-state index in [9.17, 15) is 4.79 Å². The number of rotatable bonds is 3. The van der Waals surface area contributed by atoms with Gasteiger partial charge < -0.3 is 9.84 Å². The van der Waals surface area contributed by atoms with Crippen LogP contribution in [-0.2, 0) is 11.3 Å². The van der Waals surface area contributed by atoms with E-state index >= 15 is 0 Å². The summed E-state index contributed by atoms with van der Waals surface area (Å²) < 4.78 is 4.56. The largest absolute Gasteiger partial charge is 0.381 e. The molecule has 2 rings (SSSR count). The summed E-state index contributed by atoms with van der Waals surface area (Å²) in [5.74, 6) is 0.774. The molecule has 68 valence electrons. The van der Waals surface area contributed by atoms with Gasteiger partial charge in [0.25, 0.3) is 0 Å². The topological polar surface area (TPSA) is 68.0 Å². The fourth-order valence-electron chi connectivity index (χ4n) is 1.20. The van der Waals surface area contributed by atoms with Gasteiger partial charge in [-0.05, 0) is 6.42 Å². The quantitative estimate of drug-likeness (QED) is 0.727. The molecule has 1 aromatic rings. The summed E-state index contributed by atoms with van der Waals surface area (Å²) in [7, 11) is 0. The fourth-order valence-corrected chi connectivity index (χ4v) is 1.20. The second kappa shape index (κ2) is 3.38. The second-order valence-corrected chi connectivity index (χ2v) is 2.84. The minimum absolute atomic E-state index is 0.176. The maximum atomic E-state index is 10.8. The minimum atomic E-state index is 0.176. The molecule has 0 spiro atoms. The highest BCUT2D eigenvalue weighted by molar-refractivity contribution is 5.92. The summed E-state index contributed by atoms with van der Waals surface area (Å²) >= 11 is 0. The van der Waals surface area contributed by atoms with Crippen molar-refractivity contribution in [3.63, 3.8) is 0 Å². The highest BCUT2D eigenvalue weighted by atomic mass is 16.5. The first-order valence-corrected chi connectivity index (χ1v) is 4.07. The predicted octanol–water partition coefficient (Wildman–Crippen LogP) is 0.406. The summed E-state index contributed by atoms with van der Waals surface area (Å²) in [6.07, 6.45) is 4.30. The lowest BCUT2D eigenvalue weighted by Crippen LogP contribution is -2.12. The second-order valence-electron chi connectivity index (χ2n) is 2.84. The molecule has 0 aromatic carbocycles. The zero-order chi connectivity index (χ0) is 9.10. The third kappa shape index (κ3) is 1.93. The normalized spacial score (nSPS) is 16.0. The number of allylic oxidation sites excluding steroid dienone is 2. The molecule has 0 saturated carbocycles. The van der Waals surface area contributed by atoms with E-state index in [1.807, 2.05) is 0 Å². The molecule has 1 aliphatic rings. The maximum absolute atomic E-state index is 10.8. The van der Waals surface area contributed by atoms with E-state index in [1.54, 1.807) is 6.08 Å². The maximum Gasteiger partial charge on any atom is 0.213 e. The van der Waals surface area contributed by atoms with Gasteiger partial charge in [0.15, 0.2) is 11.6 Å². The predicted molar refractivity (Wildman–Crippen MR) is 43.5 cm³/mol. The monoisotopic (exact) mass is 179 g/mol. The molecule has 1 aliphatic carbocycles. The lowest BCUT2D eigenvalue weighted by molar-refractivity contribution is -0.114. The number of aromatic nitrogens is 2. The van der Waals surface area contributed by atoms with Gasteiger partial charge in [-0.25, -0.2) is 0 Å². The molecule has 0 aliphatic heterocycles. The number of hydrogen-bond donors (Lipinski definition) is 1. The molecule has 1 heterocycles. The Labute approximate surface area is 74.8 Å². The van der Waals surface area contributed by atoms with E-state index in [1.165, 1.54) is 6.39 Å². The lowest BCUT2D eigenvalue weighted by Gasteiger charge is -2.01. The van der Waals surface area contributed by atoms with Crippen molar-refractivity contribution >= 4 is 5.78 Å². The molecule has 0 saturated heterocycles. The van der Waals surface area contributed by atoms with Crippen molar-refractivity contribution in [2.75, 3.05) is 0 Å². The number of ketones is 1. The van der Waals surface area contributed by atoms with Crippen LogP contribution in [0.2, 0.25) is 0 Å². The van der Waals surface area contributed by atoms with Crippen molar-refractivity contribution in [3.8, 4) is 0 Å². The Morgan fingerprint density at radius 3 is 3.08 bits per heavy atom. The van der Waals surface area contributed by atoms with Gasteiger partial charge in [-0.3, -0.25) is 4.79 Å². The third-order valence-corrected chi connectivity index (χ3v) is 1.86. The average molecular weight is 179 g/mol. The Morgan fingerprint density at radius 2 is 2.46 bits per heavy atom. The Bertz CT molecular complexity index is 329. The average Bonchev–Trinajstić information content (AvgIpc) is 2.71. The van der Waals surface area contributed by atoms with Crippen molar-refractivity contribution < 1.29 is 9.32 Å². The highest BCUT2D eigenvalue weighted by Crippen LogP contribution is 2.11. The molecule has 0 atom stereocenters. The van der Waals surface area contributed by atoms with Crippen molar-refractivity contribution in [2.24, 2.45) is 0 Å². The third-order valence-electron chi connectivity index (χ3n) is 1.86. The van der Waals surface area contributed by atoms with Crippen molar-refractivity contribution in [1.82, 2.24) is 15.5 Å². The van der Waals surface area contributed by atoms with Crippen LogP contribution in [0.25, 0.3) is 0 Å². The zero-order valence-electron chi connectivity index (χ0n) is 6.99. The van der Waals surface area contributed by atoms with Crippen molar-refractivity contribution in [1.29, 1.82) is 0 Å². The molecule has 0 radical (unpaired) electrons. The molecule has 1 N–H and O–H groups in total. The van der Waals surface area contributed by atoms with E-state index in [2.05, 4.69) is 20.0 Å². The highest BCUT2D eigenvalue weighted by Gasteiger charge is 2.11. The van der Waals surface area contributed by atoms with E-state index in [-0.39, 0.29) is 5.78 Å². The number of nitrogens with zero attached hydrogens (tertiary/aromatic N) is 2. The Balaban J connectivity index is 1.87. The Kier molecular flexibility index (Phi) is 2.08. The molecule has 0 unspecified atom stereocenters. The van der Waals surface area contributed by atoms with Crippen LogP contribution in [0.3, 0.4) is 0 Å². The minimum Gasteiger partial charge on any atom is -0.381 e. The molecule has 0 amide bonds. The molecular formula is C8H9N3O2. The van der Waals surface area contributed by atoms with Crippen LogP contribution in [0.5, 0.6) is 0 Å². The standard InChI is InChI=1S/C8H9N3O2/c12-7-2-1-6(3-7)9-4-8-10-5-13-11-8/h3,5,9H,1-2,4H2. The van der Waals surface area contributed by atoms with Crippen LogP contribution < -0.4 is 5.32 Å². The summed E-state index contributed by atoms with van der Waals surface area (Å²) in [5.41, 5.74) is 0.954. The summed E-state index contributed by atoms with van der Waals surface area (Å²) in [6, 6.07) is 0. The Hall–Kier alpha value is -1.65. The number of hydrogen-bond acceptors (Lipinski definition) is 5. The van der Waals surface area contributed by atoms with Gasteiger partial charge in [0.05, 0.1) is 6.54 Å². The zero-order valence-corrected chi connectivity index (χ0v) is 6.99. The molecular weight excluding hydrogens is 170 g/mol. The summed E-state index contributed by atoms with van der Waals surface area (Å²) in [6.45, 7) is 0.510. The van der Waals surface area contributed by atoms with Crippen LogP contribution in [0, 0.1) is 0 Å². The van der Waals surface area contributed by atoms with Gasteiger partial charge in [0.2, 0.25) is 6.39 Å². The Morgan fingerprint density at radius 1 is 1.54 bits per heavy atom. The van der Waals surface area contributed by atoms with Crippen molar-refractivity contribution in [2.45, 2.75) is 19.4 Å². The van der Waals surface area contributed by atoms with Gasteiger partial charge in [-0.1, -0.05) is 5.16 Å². The summed E-state index contributed by atoms with van der Waals surface area (Å²) in [5, 5.41) is 6.71. The SMILES string of the molecule is O=C1C=C(NCc2ncon2)CC1. The van der Waals surface area contributed by atoms with Crippen LogP contribution >= 0.6 is 0 Å². The van der Waals surface area contributed by atoms with Crippen LogP contribution in [0.1, 0.15) is 18.7 Å². The fraction of sp³-hybridized carbons (Fsp3) is 0.375. The molecule has 0 fully saturated rings. The van der Waals surface area contributed by atoms with Gasteiger partial charge in [0.1, 0.15) is 0 Å². The number of carbonyl (C=O) groups excluding carboxylic acids is 1. The van der Waals surface area contributed by atoms with Gasteiger partial charge in [0, 0.05) is 18.2 Å². The first kappa shape index (κ1) is 7.97. The smallest absolute Gasteiger partial charge is 0.213 e. The van der Waals surface area contributed by atoms with Crippen LogP contribution in [0.4, 0.5) is 0 Å². The molecule has 0 bridgehead atoms. The molecule has 5 heteroatoms. The molecule has 5 nitrogen and oxygen atoms in total. The number of nitrogens with one attached hydrogen (secondary N) is 1. The van der Waals surface area contributed by atoms with Crippen LogP contribution in [-0.4, -0.2) is 15.9 Å². The summed E-state index contributed by atoms with van der Waals surface area (Å²) in [4.78, 5) is 14.7. The van der Waals surface area contributed by atoms with Crippen molar-refractivity contribution in [3.05, 3.63) is 24.0 Å². The van der Waals surface area contributed by atoms with E-state index in [0.29, 0.717) is 18.8 Å². The van der Waals surface area contributed by atoms with E-state index in [0.717, 1.165) is 12.1 Å². The molecule has 1 aromatic heterocycles. The first-order valence-electron chi connectivity index (χ1n) is 4.07. The van der Waals surface area contributed by atoms with Gasteiger partial charge in [-0.15, -0.1) is 0 Å². The van der Waals surface area contributed by atoms with Gasteiger partial charge in [-0.2, -0.15) is 4.98 Å². The molecule has 13 heavy (non-hydrogen) atoms. The van der Waals surface area contributed by atoms with E-state index < -0.39 is 0 Å². The van der Waals surface area contributed by atoms with Gasteiger partial charge >= 0.3 is 0 Å². The first-order chi connectivity index (χ1) is 6.34. The van der Waals surface area contributed by atoms with E-state index in [4.69, 9.17) is 0 Å². The van der Waals surface area contributed by atoms with Crippen LogP contribution in [0.15, 0.2) is 22.7 Å².